The molecule has 2 aromatic heterocycles. The lowest BCUT2D eigenvalue weighted by atomic mass is 10.2. The minimum absolute atomic E-state index is 0.150. The Morgan fingerprint density at radius 3 is 2.62 bits per heavy atom. The number of amides is 1. The van der Waals surface area contributed by atoms with E-state index in [9.17, 15) is 4.79 Å². The molecule has 3 heterocycles. The normalized spacial score (nSPS) is 20.7. The van der Waals surface area contributed by atoms with Crippen LogP contribution in [-0.2, 0) is 11.3 Å². The van der Waals surface area contributed by atoms with Crippen molar-refractivity contribution >= 4 is 11.7 Å². The molecule has 1 saturated heterocycles. The molecule has 1 N–H and O–H groups in total. The Hall–Kier alpha value is -2.47. The minimum atomic E-state index is -0.150. The molecule has 0 spiro atoms. The molecule has 6 nitrogen and oxygen atoms in total. The van der Waals surface area contributed by atoms with Gasteiger partial charge in [0.25, 0.3) is 5.91 Å². The molecule has 1 fully saturated rings. The molecule has 24 heavy (non-hydrogen) atoms. The lowest BCUT2D eigenvalue weighted by molar-refractivity contribution is -0.00546. The molecule has 0 unspecified atom stereocenters. The average molecular weight is 326 g/mol. The van der Waals surface area contributed by atoms with Gasteiger partial charge in [-0.25, -0.2) is 4.98 Å². The van der Waals surface area contributed by atoms with Crippen molar-refractivity contribution in [3.63, 3.8) is 0 Å². The number of morpholine rings is 1. The summed E-state index contributed by atoms with van der Waals surface area (Å²) in [4.78, 5) is 23.0. The van der Waals surface area contributed by atoms with Crippen molar-refractivity contribution in [2.75, 3.05) is 18.0 Å². The summed E-state index contributed by atoms with van der Waals surface area (Å²) in [6.45, 7) is 6.13. The smallest absolute Gasteiger partial charge is 0.253 e. The fourth-order valence-electron chi connectivity index (χ4n) is 2.85. The summed E-state index contributed by atoms with van der Waals surface area (Å²) in [6, 6.07) is 9.32. The monoisotopic (exact) mass is 326 g/mol. The maximum atomic E-state index is 12.2. The van der Waals surface area contributed by atoms with E-state index in [2.05, 4.69) is 34.0 Å². The third-order valence-corrected chi connectivity index (χ3v) is 3.91. The topological polar surface area (TPSA) is 67.4 Å². The molecule has 1 aliphatic rings. The number of rotatable bonds is 4. The van der Waals surface area contributed by atoms with Gasteiger partial charge < -0.3 is 15.0 Å². The van der Waals surface area contributed by atoms with E-state index in [4.69, 9.17) is 4.74 Å². The van der Waals surface area contributed by atoms with Gasteiger partial charge >= 0.3 is 0 Å². The third kappa shape index (κ3) is 4.08. The van der Waals surface area contributed by atoms with Crippen molar-refractivity contribution in [2.45, 2.75) is 32.6 Å². The van der Waals surface area contributed by atoms with Crippen LogP contribution in [0.3, 0.4) is 0 Å². The highest BCUT2D eigenvalue weighted by molar-refractivity contribution is 5.93. The van der Waals surface area contributed by atoms with Gasteiger partial charge in [-0.05, 0) is 38.1 Å². The number of hydrogen-bond donors (Lipinski definition) is 1. The van der Waals surface area contributed by atoms with E-state index in [1.807, 2.05) is 24.3 Å². The Balaban J connectivity index is 1.60. The Morgan fingerprint density at radius 1 is 1.21 bits per heavy atom. The highest BCUT2D eigenvalue weighted by Gasteiger charge is 2.23. The van der Waals surface area contributed by atoms with Crippen molar-refractivity contribution in [1.29, 1.82) is 0 Å². The highest BCUT2D eigenvalue weighted by atomic mass is 16.5. The fourth-order valence-corrected chi connectivity index (χ4v) is 2.85. The number of nitrogens with zero attached hydrogens (tertiary/aromatic N) is 3. The molecule has 1 amide bonds. The maximum absolute atomic E-state index is 12.2. The zero-order chi connectivity index (χ0) is 16.9. The SMILES string of the molecule is C[C@@H]1CN(c2ccc(C(=O)NCc3ccccn3)cn2)C[C@H](C)O1. The first-order valence-corrected chi connectivity index (χ1v) is 8.16. The van der Waals surface area contributed by atoms with E-state index in [0.29, 0.717) is 12.1 Å². The van der Waals surface area contributed by atoms with Gasteiger partial charge in [0.2, 0.25) is 0 Å². The average Bonchev–Trinajstić information content (AvgIpc) is 2.60. The van der Waals surface area contributed by atoms with Crippen LogP contribution in [0.1, 0.15) is 29.9 Å². The molecule has 126 valence electrons. The molecule has 0 radical (unpaired) electrons. The zero-order valence-corrected chi connectivity index (χ0v) is 14.0. The quantitative estimate of drug-likeness (QED) is 0.931. The Morgan fingerprint density at radius 2 is 2.00 bits per heavy atom. The lowest BCUT2D eigenvalue weighted by Gasteiger charge is -2.36. The maximum Gasteiger partial charge on any atom is 0.253 e. The van der Waals surface area contributed by atoms with Crippen LogP contribution in [0.25, 0.3) is 0 Å². The number of aromatic nitrogens is 2. The number of hydrogen-bond acceptors (Lipinski definition) is 5. The first-order chi connectivity index (χ1) is 11.6. The number of carbonyl (C=O) groups excluding carboxylic acids is 1. The first-order valence-electron chi connectivity index (χ1n) is 8.16. The summed E-state index contributed by atoms with van der Waals surface area (Å²) in [5.41, 5.74) is 1.37. The number of ether oxygens (including phenoxy) is 1. The van der Waals surface area contributed by atoms with Crippen molar-refractivity contribution in [2.24, 2.45) is 0 Å². The Bertz CT molecular complexity index is 665. The molecular weight excluding hydrogens is 304 g/mol. The second-order valence-corrected chi connectivity index (χ2v) is 6.07. The van der Waals surface area contributed by atoms with Gasteiger partial charge in [0.1, 0.15) is 5.82 Å². The predicted octanol–water partition coefficient (Wildman–Crippen LogP) is 2.02. The molecule has 6 heteroatoms. The van der Waals surface area contributed by atoms with Crippen LogP contribution in [0.4, 0.5) is 5.82 Å². The molecule has 3 rings (SSSR count). The van der Waals surface area contributed by atoms with Gasteiger partial charge in [0.15, 0.2) is 0 Å². The summed E-state index contributed by atoms with van der Waals surface area (Å²) in [7, 11) is 0. The third-order valence-electron chi connectivity index (χ3n) is 3.91. The highest BCUT2D eigenvalue weighted by Crippen LogP contribution is 2.18. The van der Waals surface area contributed by atoms with Crippen LogP contribution < -0.4 is 10.2 Å². The van der Waals surface area contributed by atoms with E-state index >= 15 is 0 Å². The summed E-state index contributed by atoms with van der Waals surface area (Å²) in [5.74, 6) is 0.724. The molecule has 0 aliphatic carbocycles. The molecule has 1 aliphatic heterocycles. The second kappa shape index (κ2) is 7.40. The van der Waals surface area contributed by atoms with E-state index in [1.165, 1.54) is 0 Å². The van der Waals surface area contributed by atoms with E-state index < -0.39 is 0 Å². The van der Waals surface area contributed by atoms with Crippen molar-refractivity contribution in [3.05, 3.63) is 54.0 Å². The molecule has 2 atom stereocenters. The fraction of sp³-hybridized carbons (Fsp3) is 0.389. The number of nitrogens with one attached hydrogen (secondary N) is 1. The van der Waals surface area contributed by atoms with Crippen LogP contribution in [0.2, 0.25) is 0 Å². The zero-order valence-electron chi connectivity index (χ0n) is 14.0. The summed E-state index contributed by atoms with van der Waals surface area (Å²) >= 11 is 0. The first kappa shape index (κ1) is 16.4. The van der Waals surface area contributed by atoms with Gasteiger partial charge in [-0.2, -0.15) is 0 Å². The predicted molar refractivity (Wildman–Crippen MR) is 91.9 cm³/mol. The standard InChI is InChI=1S/C18H22N4O2/c1-13-11-22(12-14(2)24-13)17-7-6-15(9-20-17)18(23)21-10-16-5-3-4-8-19-16/h3-9,13-14H,10-12H2,1-2H3,(H,21,23)/t13-,14+. The van der Waals surface area contributed by atoms with Gasteiger partial charge in [-0.15, -0.1) is 0 Å². The van der Waals surface area contributed by atoms with Gasteiger partial charge in [0, 0.05) is 25.5 Å². The molecular formula is C18H22N4O2. The summed E-state index contributed by atoms with van der Waals surface area (Å²) in [5, 5.41) is 2.85. The summed E-state index contributed by atoms with van der Waals surface area (Å²) in [6.07, 6.45) is 3.68. The van der Waals surface area contributed by atoms with Gasteiger partial charge in [-0.1, -0.05) is 6.07 Å². The van der Waals surface area contributed by atoms with Crippen LogP contribution in [0.5, 0.6) is 0 Å². The minimum Gasteiger partial charge on any atom is -0.372 e. The van der Waals surface area contributed by atoms with Crippen molar-refractivity contribution < 1.29 is 9.53 Å². The second-order valence-electron chi connectivity index (χ2n) is 6.07. The van der Waals surface area contributed by atoms with Crippen molar-refractivity contribution in [1.82, 2.24) is 15.3 Å². The van der Waals surface area contributed by atoms with Crippen molar-refractivity contribution in [3.8, 4) is 0 Å². The van der Waals surface area contributed by atoms with E-state index in [1.54, 1.807) is 18.5 Å². The molecule has 0 saturated carbocycles. The Labute approximate surface area is 141 Å². The van der Waals surface area contributed by atoms with E-state index in [0.717, 1.165) is 24.6 Å². The number of carbonyl (C=O) groups is 1. The van der Waals surface area contributed by atoms with Crippen LogP contribution in [-0.4, -0.2) is 41.2 Å². The lowest BCUT2D eigenvalue weighted by Crippen LogP contribution is -2.45. The van der Waals surface area contributed by atoms with Gasteiger partial charge in [-0.3, -0.25) is 9.78 Å². The Kier molecular flexibility index (Phi) is 5.05. The van der Waals surface area contributed by atoms with E-state index in [-0.39, 0.29) is 18.1 Å². The van der Waals surface area contributed by atoms with Crippen LogP contribution in [0.15, 0.2) is 42.7 Å². The largest absolute Gasteiger partial charge is 0.372 e. The van der Waals surface area contributed by atoms with Crippen LogP contribution in [0, 0.1) is 0 Å². The number of anilines is 1. The number of pyridine rings is 2. The molecule has 0 bridgehead atoms. The molecule has 0 aromatic carbocycles. The van der Waals surface area contributed by atoms with Crippen LogP contribution >= 0.6 is 0 Å². The van der Waals surface area contributed by atoms with Gasteiger partial charge in [0.05, 0.1) is 30.0 Å². The molecule has 2 aromatic rings. The summed E-state index contributed by atoms with van der Waals surface area (Å²) < 4.78 is 5.73.